The lowest BCUT2D eigenvalue weighted by molar-refractivity contribution is -0.113. The molecule has 0 aliphatic heterocycles. The minimum absolute atomic E-state index is 0.129. The maximum absolute atomic E-state index is 12.1. The minimum atomic E-state index is -0.232. The first kappa shape index (κ1) is 17.6. The van der Waals surface area contributed by atoms with Crippen LogP contribution in [0.2, 0.25) is 10.0 Å². The zero-order valence-electron chi connectivity index (χ0n) is 12.5. The molecule has 1 heterocycles. The molecule has 2 aromatic rings. The molecule has 0 radical (unpaired) electrons. The predicted molar refractivity (Wildman–Crippen MR) is 94.2 cm³/mol. The summed E-state index contributed by atoms with van der Waals surface area (Å²) >= 11 is 13.1. The second-order valence-corrected chi connectivity index (χ2v) is 6.64. The molecule has 1 amide bonds. The molecule has 4 nitrogen and oxygen atoms in total. The molecule has 1 N–H and O–H groups in total. The van der Waals surface area contributed by atoms with E-state index >= 15 is 0 Å². The Bertz CT molecular complexity index is 803. The van der Waals surface area contributed by atoms with Gasteiger partial charge in [0.25, 0.3) is 0 Å². The summed E-state index contributed by atoms with van der Waals surface area (Å²) < 4.78 is 0. The van der Waals surface area contributed by atoms with Crippen molar-refractivity contribution in [1.29, 1.82) is 5.26 Å². The van der Waals surface area contributed by atoms with E-state index in [9.17, 15) is 10.1 Å². The number of hydrogen-bond donors (Lipinski definition) is 1. The molecule has 118 valence electrons. The third-order valence-corrected chi connectivity index (χ3v) is 4.49. The second-order valence-electron chi connectivity index (χ2n) is 4.83. The minimum Gasteiger partial charge on any atom is -0.324 e. The van der Waals surface area contributed by atoms with Crippen LogP contribution in [-0.2, 0) is 4.79 Å². The molecule has 0 aliphatic carbocycles. The van der Waals surface area contributed by atoms with Crippen LogP contribution in [0.1, 0.15) is 16.8 Å². The van der Waals surface area contributed by atoms with Gasteiger partial charge in [0.2, 0.25) is 5.91 Å². The Morgan fingerprint density at radius 1 is 1.35 bits per heavy atom. The summed E-state index contributed by atoms with van der Waals surface area (Å²) in [5.74, 6) is -0.104. The fraction of sp³-hybridized carbons (Fsp3) is 0.188. The molecule has 0 saturated heterocycles. The Morgan fingerprint density at radius 2 is 2.09 bits per heavy atom. The summed E-state index contributed by atoms with van der Waals surface area (Å²) in [4.78, 5) is 16.4. The topological polar surface area (TPSA) is 65.8 Å². The lowest BCUT2D eigenvalue weighted by atomic mass is 10.1. The lowest BCUT2D eigenvalue weighted by Crippen LogP contribution is -2.14. The molecule has 0 saturated carbocycles. The Kier molecular flexibility index (Phi) is 5.89. The van der Waals surface area contributed by atoms with E-state index in [0.717, 1.165) is 11.3 Å². The smallest absolute Gasteiger partial charge is 0.234 e. The molecule has 2 rings (SSSR count). The molecule has 23 heavy (non-hydrogen) atoms. The molecule has 0 unspecified atom stereocenters. The highest BCUT2D eigenvalue weighted by Gasteiger charge is 2.12. The van der Waals surface area contributed by atoms with E-state index in [0.29, 0.717) is 26.3 Å². The lowest BCUT2D eigenvalue weighted by Gasteiger charge is -2.09. The number of hydrogen-bond acceptors (Lipinski definition) is 4. The van der Waals surface area contributed by atoms with E-state index in [2.05, 4.69) is 16.4 Å². The average Bonchev–Trinajstić information content (AvgIpc) is 2.47. The Hall–Kier alpha value is -1.74. The summed E-state index contributed by atoms with van der Waals surface area (Å²) in [6, 6.07) is 8.82. The van der Waals surface area contributed by atoms with Crippen LogP contribution in [0.3, 0.4) is 0 Å². The van der Waals surface area contributed by atoms with Gasteiger partial charge in [0.15, 0.2) is 0 Å². The van der Waals surface area contributed by atoms with Crippen molar-refractivity contribution in [1.82, 2.24) is 4.98 Å². The number of carbonyl (C=O) groups is 1. The number of nitriles is 1. The standard InChI is InChI=1S/C16H13Cl2N3OS/c1-9-5-10(2)20-16(12(9)7-19)23-8-15(22)21-14-4-3-11(17)6-13(14)18/h3-6H,8H2,1-2H3,(H,21,22). The van der Waals surface area contributed by atoms with E-state index in [1.54, 1.807) is 18.2 Å². The van der Waals surface area contributed by atoms with Gasteiger partial charge in [-0.15, -0.1) is 0 Å². The predicted octanol–water partition coefficient (Wildman–Crippen LogP) is 4.61. The summed E-state index contributed by atoms with van der Waals surface area (Å²) in [5.41, 5.74) is 2.65. The fourth-order valence-corrected chi connectivity index (χ4v) is 3.31. The van der Waals surface area contributed by atoms with Crippen LogP contribution in [0.5, 0.6) is 0 Å². The van der Waals surface area contributed by atoms with Crippen LogP contribution in [0.15, 0.2) is 29.3 Å². The van der Waals surface area contributed by atoms with Crippen molar-refractivity contribution >= 4 is 46.6 Å². The number of nitrogens with zero attached hydrogens (tertiary/aromatic N) is 2. The van der Waals surface area contributed by atoms with E-state index in [4.69, 9.17) is 23.2 Å². The molecule has 7 heteroatoms. The number of carbonyl (C=O) groups excluding carboxylic acids is 1. The molecule has 0 bridgehead atoms. The van der Waals surface area contributed by atoms with Gasteiger partial charge < -0.3 is 5.32 Å². The van der Waals surface area contributed by atoms with Gasteiger partial charge in [-0.3, -0.25) is 4.79 Å². The maximum Gasteiger partial charge on any atom is 0.234 e. The molecular formula is C16H13Cl2N3OS. The van der Waals surface area contributed by atoms with Crippen molar-refractivity contribution in [2.24, 2.45) is 0 Å². The third-order valence-electron chi connectivity index (χ3n) is 2.97. The summed E-state index contributed by atoms with van der Waals surface area (Å²) in [7, 11) is 0. The zero-order valence-corrected chi connectivity index (χ0v) is 14.8. The van der Waals surface area contributed by atoms with Gasteiger partial charge >= 0.3 is 0 Å². The number of amides is 1. The van der Waals surface area contributed by atoms with Crippen LogP contribution >= 0.6 is 35.0 Å². The number of anilines is 1. The van der Waals surface area contributed by atoms with Gasteiger partial charge in [-0.05, 0) is 43.7 Å². The average molecular weight is 366 g/mol. The highest BCUT2D eigenvalue weighted by molar-refractivity contribution is 8.00. The number of aromatic nitrogens is 1. The van der Waals surface area contributed by atoms with Gasteiger partial charge in [-0.25, -0.2) is 4.98 Å². The number of halogens is 2. The first-order valence-corrected chi connectivity index (χ1v) is 8.41. The maximum atomic E-state index is 12.1. The van der Waals surface area contributed by atoms with Gasteiger partial charge in [-0.1, -0.05) is 35.0 Å². The first-order valence-electron chi connectivity index (χ1n) is 6.66. The van der Waals surface area contributed by atoms with Crippen LogP contribution in [0, 0.1) is 25.2 Å². The van der Waals surface area contributed by atoms with Crippen molar-refractivity contribution < 1.29 is 4.79 Å². The number of nitrogens with one attached hydrogen (secondary N) is 1. The highest BCUT2D eigenvalue weighted by atomic mass is 35.5. The second kappa shape index (κ2) is 7.69. The monoisotopic (exact) mass is 365 g/mol. The SMILES string of the molecule is Cc1cc(C)c(C#N)c(SCC(=O)Nc2ccc(Cl)cc2Cl)n1. The van der Waals surface area contributed by atoms with Gasteiger partial charge in [0.1, 0.15) is 11.1 Å². The zero-order chi connectivity index (χ0) is 17.0. The number of benzene rings is 1. The van der Waals surface area contributed by atoms with Crippen molar-refractivity contribution in [3.8, 4) is 6.07 Å². The summed E-state index contributed by atoms with van der Waals surface area (Å²) in [6.45, 7) is 3.70. The largest absolute Gasteiger partial charge is 0.324 e. The van der Waals surface area contributed by atoms with E-state index < -0.39 is 0 Å². The summed E-state index contributed by atoms with van der Waals surface area (Å²) in [5, 5.41) is 13.4. The molecule has 0 fully saturated rings. The van der Waals surface area contributed by atoms with Crippen molar-refractivity contribution in [2.75, 3.05) is 11.1 Å². The van der Waals surface area contributed by atoms with Crippen LogP contribution in [0.4, 0.5) is 5.69 Å². The first-order chi connectivity index (χ1) is 10.9. The van der Waals surface area contributed by atoms with Crippen LogP contribution in [0.25, 0.3) is 0 Å². The van der Waals surface area contributed by atoms with E-state index in [-0.39, 0.29) is 11.7 Å². The number of aryl methyl sites for hydroxylation is 2. The van der Waals surface area contributed by atoms with Gasteiger partial charge in [-0.2, -0.15) is 5.26 Å². The molecule has 0 aliphatic rings. The number of rotatable bonds is 4. The molecule has 1 aromatic heterocycles. The van der Waals surface area contributed by atoms with Gasteiger partial charge in [0.05, 0.1) is 22.0 Å². The van der Waals surface area contributed by atoms with Gasteiger partial charge in [0, 0.05) is 10.7 Å². The Balaban J connectivity index is 2.07. The summed E-state index contributed by atoms with van der Waals surface area (Å²) in [6.07, 6.45) is 0. The molecular weight excluding hydrogens is 353 g/mol. The van der Waals surface area contributed by atoms with E-state index in [1.807, 2.05) is 19.9 Å². The molecule has 0 spiro atoms. The van der Waals surface area contributed by atoms with E-state index in [1.165, 1.54) is 11.8 Å². The third kappa shape index (κ3) is 4.61. The van der Waals surface area contributed by atoms with Crippen molar-refractivity contribution in [2.45, 2.75) is 18.9 Å². The van der Waals surface area contributed by atoms with Crippen molar-refractivity contribution in [3.05, 3.63) is 51.1 Å². The fourth-order valence-electron chi connectivity index (χ4n) is 1.95. The normalized spacial score (nSPS) is 10.2. The number of pyridine rings is 1. The Labute approximate surface area is 148 Å². The van der Waals surface area contributed by atoms with Crippen LogP contribution < -0.4 is 5.32 Å². The quantitative estimate of drug-likeness (QED) is 0.803. The van der Waals surface area contributed by atoms with Crippen LogP contribution in [-0.4, -0.2) is 16.6 Å². The van der Waals surface area contributed by atoms with Crippen molar-refractivity contribution in [3.63, 3.8) is 0 Å². The molecule has 1 aromatic carbocycles. The Morgan fingerprint density at radius 3 is 2.74 bits per heavy atom. The number of thioether (sulfide) groups is 1. The highest BCUT2D eigenvalue weighted by Crippen LogP contribution is 2.27. The molecule has 0 atom stereocenters.